The van der Waals surface area contributed by atoms with E-state index in [1.165, 1.54) is 19.3 Å². The third kappa shape index (κ3) is 3.71. The fraction of sp³-hybridized carbons (Fsp3) is 0.786. The van der Waals surface area contributed by atoms with Gasteiger partial charge < -0.3 is 15.5 Å². The number of nitrogens with zero attached hydrogens (tertiary/aromatic N) is 5. The quantitative estimate of drug-likeness (QED) is 0.887. The molecule has 20 heavy (non-hydrogen) atoms. The zero-order valence-electron chi connectivity index (χ0n) is 12.8. The Kier molecular flexibility index (Phi) is 4.98. The molecular weight excluding hydrogens is 252 g/mol. The van der Waals surface area contributed by atoms with Crippen molar-refractivity contribution in [2.75, 3.05) is 41.7 Å². The van der Waals surface area contributed by atoms with Crippen molar-refractivity contribution in [2.45, 2.75) is 40.0 Å². The lowest BCUT2D eigenvalue weighted by molar-refractivity contribution is 0.565. The fourth-order valence-electron chi connectivity index (χ4n) is 2.54. The van der Waals surface area contributed by atoms with Gasteiger partial charge in [-0.25, -0.2) is 0 Å². The number of nitrogens with two attached hydrogens (primary N) is 1. The first-order chi connectivity index (χ1) is 9.60. The van der Waals surface area contributed by atoms with Gasteiger partial charge in [0, 0.05) is 26.2 Å². The lowest BCUT2D eigenvalue weighted by Crippen LogP contribution is -2.33. The SMILES string of the molecule is CCN(CC(C)C)c1nc(N)nc(N2CCCCC2)n1. The predicted octanol–water partition coefficient (Wildman–Crippen LogP) is 1.93. The van der Waals surface area contributed by atoms with Crippen LogP contribution in [0.1, 0.15) is 40.0 Å². The number of piperidine rings is 1. The molecule has 0 atom stereocenters. The number of aromatic nitrogens is 3. The summed E-state index contributed by atoms with van der Waals surface area (Å²) in [7, 11) is 0. The molecule has 1 aromatic rings. The van der Waals surface area contributed by atoms with Crippen molar-refractivity contribution in [1.29, 1.82) is 0 Å². The average Bonchev–Trinajstić information content (AvgIpc) is 2.45. The van der Waals surface area contributed by atoms with Gasteiger partial charge in [-0.15, -0.1) is 0 Å². The fourth-order valence-corrected chi connectivity index (χ4v) is 2.54. The van der Waals surface area contributed by atoms with Crippen molar-refractivity contribution in [3.05, 3.63) is 0 Å². The lowest BCUT2D eigenvalue weighted by atomic mass is 10.1. The monoisotopic (exact) mass is 278 g/mol. The number of anilines is 3. The van der Waals surface area contributed by atoms with Crippen LogP contribution in [-0.4, -0.2) is 41.1 Å². The average molecular weight is 278 g/mol. The molecule has 6 heteroatoms. The maximum Gasteiger partial charge on any atom is 0.231 e. The van der Waals surface area contributed by atoms with Crippen LogP contribution >= 0.6 is 0 Å². The van der Waals surface area contributed by atoms with Crippen molar-refractivity contribution < 1.29 is 0 Å². The summed E-state index contributed by atoms with van der Waals surface area (Å²) in [5.74, 6) is 2.31. The summed E-state index contributed by atoms with van der Waals surface area (Å²) in [6.07, 6.45) is 3.69. The van der Waals surface area contributed by atoms with Gasteiger partial charge in [-0.3, -0.25) is 0 Å². The predicted molar refractivity (Wildman–Crippen MR) is 83.0 cm³/mol. The van der Waals surface area contributed by atoms with Gasteiger partial charge in [0.1, 0.15) is 0 Å². The number of hydrogen-bond donors (Lipinski definition) is 1. The molecule has 0 amide bonds. The Morgan fingerprint density at radius 2 is 1.85 bits per heavy atom. The third-order valence-corrected chi connectivity index (χ3v) is 3.52. The highest BCUT2D eigenvalue weighted by atomic mass is 15.3. The number of hydrogen-bond acceptors (Lipinski definition) is 6. The van der Waals surface area contributed by atoms with Crippen LogP contribution < -0.4 is 15.5 Å². The Morgan fingerprint density at radius 1 is 1.15 bits per heavy atom. The molecule has 0 unspecified atom stereocenters. The molecule has 1 aromatic heterocycles. The summed E-state index contributed by atoms with van der Waals surface area (Å²) in [6, 6.07) is 0. The van der Waals surface area contributed by atoms with E-state index in [4.69, 9.17) is 5.73 Å². The summed E-state index contributed by atoms with van der Waals surface area (Å²) >= 11 is 0. The summed E-state index contributed by atoms with van der Waals surface area (Å²) in [4.78, 5) is 17.6. The third-order valence-electron chi connectivity index (χ3n) is 3.52. The van der Waals surface area contributed by atoms with Crippen LogP contribution in [0.25, 0.3) is 0 Å². The normalized spacial score (nSPS) is 15.7. The van der Waals surface area contributed by atoms with E-state index in [2.05, 4.69) is 45.5 Å². The Hall–Kier alpha value is -1.59. The van der Waals surface area contributed by atoms with Gasteiger partial charge >= 0.3 is 0 Å². The second-order valence-corrected chi connectivity index (χ2v) is 5.77. The molecule has 0 aromatic carbocycles. The molecule has 2 rings (SSSR count). The minimum atomic E-state index is 0.317. The van der Waals surface area contributed by atoms with Crippen molar-refractivity contribution >= 4 is 17.8 Å². The van der Waals surface area contributed by atoms with Crippen LogP contribution in [0.3, 0.4) is 0 Å². The molecule has 0 aliphatic carbocycles. The van der Waals surface area contributed by atoms with Gasteiger partial charge in [-0.2, -0.15) is 15.0 Å². The van der Waals surface area contributed by atoms with Gasteiger partial charge in [0.2, 0.25) is 17.8 Å². The first kappa shape index (κ1) is 14.8. The van der Waals surface area contributed by atoms with Crippen molar-refractivity contribution in [3.8, 4) is 0 Å². The van der Waals surface area contributed by atoms with Gasteiger partial charge in [0.15, 0.2) is 0 Å². The number of rotatable bonds is 5. The molecule has 2 heterocycles. The van der Waals surface area contributed by atoms with Crippen LogP contribution in [0.15, 0.2) is 0 Å². The molecule has 0 saturated carbocycles. The molecule has 1 aliphatic rings. The van der Waals surface area contributed by atoms with E-state index in [0.717, 1.165) is 32.1 Å². The van der Waals surface area contributed by atoms with Gasteiger partial charge in [0.05, 0.1) is 0 Å². The summed E-state index contributed by atoms with van der Waals surface area (Å²) in [6.45, 7) is 10.3. The van der Waals surface area contributed by atoms with Crippen LogP contribution in [0.4, 0.5) is 17.8 Å². The second-order valence-electron chi connectivity index (χ2n) is 5.77. The van der Waals surface area contributed by atoms with Crippen molar-refractivity contribution in [2.24, 2.45) is 5.92 Å². The Bertz CT molecular complexity index is 428. The van der Waals surface area contributed by atoms with Gasteiger partial charge in [0.25, 0.3) is 0 Å². The van der Waals surface area contributed by atoms with E-state index in [1.807, 2.05) is 0 Å². The van der Waals surface area contributed by atoms with E-state index in [-0.39, 0.29) is 0 Å². The molecule has 0 bridgehead atoms. The largest absolute Gasteiger partial charge is 0.368 e. The van der Waals surface area contributed by atoms with Crippen LogP contribution in [0.5, 0.6) is 0 Å². The highest BCUT2D eigenvalue weighted by molar-refractivity contribution is 5.43. The van der Waals surface area contributed by atoms with Gasteiger partial charge in [-0.1, -0.05) is 13.8 Å². The Balaban J connectivity index is 2.22. The van der Waals surface area contributed by atoms with E-state index in [9.17, 15) is 0 Å². The molecule has 1 aliphatic heterocycles. The summed E-state index contributed by atoms with van der Waals surface area (Å²) in [5.41, 5.74) is 5.87. The van der Waals surface area contributed by atoms with E-state index in [0.29, 0.717) is 17.8 Å². The maximum absolute atomic E-state index is 5.87. The Morgan fingerprint density at radius 3 is 2.45 bits per heavy atom. The standard InChI is InChI=1S/C14H26N6/c1-4-19(10-11(2)3)13-16-12(15)17-14(18-13)20-8-6-5-7-9-20/h11H,4-10H2,1-3H3,(H2,15,16,17,18). The minimum Gasteiger partial charge on any atom is -0.368 e. The van der Waals surface area contributed by atoms with E-state index in [1.54, 1.807) is 0 Å². The van der Waals surface area contributed by atoms with Crippen molar-refractivity contribution in [3.63, 3.8) is 0 Å². The van der Waals surface area contributed by atoms with Crippen molar-refractivity contribution in [1.82, 2.24) is 15.0 Å². The number of nitrogen functional groups attached to an aromatic ring is 1. The van der Waals surface area contributed by atoms with Crippen LogP contribution in [-0.2, 0) is 0 Å². The molecule has 0 spiro atoms. The zero-order valence-corrected chi connectivity index (χ0v) is 12.8. The summed E-state index contributed by atoms with van der Waals surface area (Å²) in [5, 5.41) is 0. The Labute approximate surface area is 121 Å². The minimum absolute atomic E-state index is 0.317. The molecular formula is C14H26N6. The molecule has 0 radical (unpaired) electrons. The van der Waals surface area contributed by atoms with Crippen LogP contribution in [0.2, 0.25) is 0 Å². The highest BCUT2D eigenvalue weighted by Crippen LogP contribution is 2.19. The van der Waals surface area contributed by atoms with Crippen LogP contribution in [0, 0.1) is 5.92 Å². The lowest BCUT2D eigenvalue weighted by Gasteiger charge is -2.28. The highest BCUT2D eigenvalue weighted by Gasteiger charge is 2.18. The van der Waals surface area contributed by atoms with E-state index >= 15 is 0 Å². The zero-order chi connectivity index (χ0) is 14.5. The molecule has 1 fully saturated rings. The van der Waals surface area contributed by atoms with Gasteiger partial charge in [-0.05, 0) is 32.1 Å². The topological polar surface area (TPSA) is 71.2 Å². The van der Waals surface area contributed by atoms with E-state index < -0.39 is 0 Å². The molecule has 1 saturated heterocycles. The molecule has 2 N–H and O–H groups in total. The second kappa shape index (κ2) is 6.72. The first-order valence-corrected chi connectivity index (χ1v) is 7.61. The first-order valence-electron chi connectivity index (χ1n) is 7.61. The summed E-state index contributed by atoms with van der Waals surface area (Å²) < 4.78 is 0. The smallest absolute Gasteiger partial charge is 0.231 e. The molecule has 6 nitrogen and oxygen atoms in total. The maximum atomic E-state index is 5.87. The molecule has 112 valence electrons.